The minimum Gasteiger partial charge on any atom is -0.449 e. The molecule has 0 spiro atoms. The molecule has 0 aliphatic heterocycles. The van der Waals surface area contributed by atoms with Gasteiger partial charge >= 0.3 is 5.97 Å². The SMILES string of the molecule is CC1CCc2c(C(=O)OC(C)C(=O)N(CCC#N)c3ccccc3)csc2C1. The van der Waals surface area contributed by atoms with Crippen molar-refractivity contribution in [1.82, 2.24) is 0 Å². The maximum absolute atomic E-state index is 12.9. The van der Waals surface area contributed by atoms with E-state index in [1.807, 2.05) is 23.6 Å². The second-order valence-corrected chi connectivity index (χ2v) is 8.14. The Hall–Kier alpha value is -2.65. The lowest BCUT2D eigenvalue weighted by atomic mass is 9.88. The molecule has 1 aromatic heterocycles. The molecule has 0 bridgehead atoms. The molecular formula is C22H24N2O3S. The summed E-state index contributed by atoms with van der Waals surface area (Å²) >= 11 is 1.60. The van der Waals surface area contributed by atoms with E-state index in [9.17, 15) is 9.59 Å². The van der Waals surface area contributed by atoms with Gasteiger partial charge < -0.3 is 9.64 Å². The number of benzene rings is 1. The number of anilines is 1. The largest absolute Gasteiger partial charge is 0.449 e. The van der Waals surface area contributed by atoms with Crippen LogP contribution in [0.2, 0.25) is 0 Å². The normalized spacial score (nSPS) is 16.5. The molecule has 2 aromatic rings. The maximum atomic E-state index is 12.9. The first-order valence-corrected chi connectivity index (χ1v) is 10.4. The Kier molecular flexibility index (Phi) is 6.48. The molecule has 0 saturated carbocycles. The van der Waals surface area contributed by atoms with Gasteiger partial charge in [-0.3, -0.25) is 4.79 Å². The van der Waals surface area contributed by atoms with Crippen LogP contribution in [0.4, 0.5) is 5.69 Å². The van der Waals surface area contributed by atoms with Crippen LogP contribution in [-0.4, -0.2) is 24.5 Å². The topological polar surface area (TPSA) is 70.4 Å². The Morgan fingerprint density at radius 1 is 1.36 bits per heavy atom. The molecule has 146 valence electrons. The lowest BCUT2D eigenvalue weighted by Crippen LogP contribution is -2.40. The molecule has 1 aromatic carbocycles. The van der Waals surface area contributed by atoms with Crippen LogP contribution in [0.1, 0.15) is 47.5 Å². The Morgan fingerprint density at radius 2 is 2.11 bits per heavy atom. The number of carbonyl (C=O) groups is 2. The van der Waals surface area contributed by atoms with Crippen molar-refractivity contribution in [3.05, 3.63) is 51.7 Å². The fraction of sp³-hybridized carbons (Fsp3) is 0.409. The molecule has 2 unspecified atom stereocenters. The molecule has 3 rings (SSSR count). The van der Waals surface area contributed by atoms with Gasteiger partial charge in [-0.2, -0.15) is 5.26 Å². The quantitative estimate of drug-likeness (QED) is 0.680. The van der Waals surface area contributed by atoms with Crippen LogP contribution < -0.4 is 4.90 Å². The number of esters is 1. The summed E-state index contributed by atoms with van der Waals surface area (Å²) in [5.74, 6) is -0.135. The van der Waals surface area contributed by atoms with Gasteiger partial charge in [0.2, 0.25) is 0 Å². The second-order valence-electron chi connectivity index (χ2n) is 7.18. The highest BCUT2D eigenvalue weighted by molar-refractivity contribution is 7.10. The van der Waals surface area contributed by atoms with Crippen LogP contribution in [0.25, 0.3) is 0 Å². The Labute approximate surface area is 169 Å². The van der Waals surface area contributed by atoms with Crippen molar-refractivity contribution in [3.8, 4) is 6.07 Å². The van der Waals surface area contributed by atoms with Crippen molar-refractivity contribution in [3.63, 3.8) is 0 Å². The number of fused-ring (bicyclic) bond motifs is 1. The summed E-state index contributed by atoms with van der Waals surface area (Å²) in [5.41, 5.74) is 2.36. The van der Waals surface area contributed by atoms with Crippen molar-refractivity contribution in [2.24, 2.45) is 5.92 Å². The van der Waals surface area contributed by atoms with Gasteiger partial charge in [-0.1, -0.05) is 25.1 Å². The number of carbonyl (C=O) groups excluding carboxylic acids is 2. The predicted octanol–water partition coefficient (Wildman–Crippen LogP) is 4.37. The number of nitrogens with zero attached hydrogens (tertiary/aromatic N) is 2. The standard InChI is InChI=1S/C22H24N2O3S/c1-15-9-10-18-19(14-28-20(18)13-15)22(26)27-16(2)21(25)24(12-6-11-23)17-7-4-3-5-8-17/h3-5,7-8,14-16H,6,9-10,12-13H2,1-2H3. The molecule has 0 saturated heterocycles. The molecule has 6 heteroatoms. The molecule has 0 N–H and O–H groups in total. The minimum atomic E-state index is -0.926. The van der Waals surface area contributed by atoms with E-state index >= 15 is 0 Å². The number of hydrogen-bond donors (Lipinski definition) is 0. The van der Waals surface area contributed by atoms with E-state index in [0.717, 1.165) is 24.8 Å². The summed E-state index contributed by atoms with van der Waals surface area (Å²) in [5, 5.41) is 10.8. The first kappa shape index (κ1) is 20.1. The Balaban J connectivity index is 1.72. The molecule has 0 fully saturated rings. The van der Waals surface area contributed by atoms with E-state index < -0.39 is 12.1 Å². The van der Waals surface area contributed by atoms with Gasteiger partial charge in [0.1, 0.15) is 0 Å². The molecule has 1 heterocycles. The van der Waals surface area contributed by atoms with Gasteiger partial charge in [0.05, 0.1) is 18.1 Å². The first-order valence-electron chi connectivity index (χ1n) is 9.54. The second kappa shape index (κ2) is 9.03. The summed E-state index contributed by atoms with van der Waals surface area (Å²) in [4.78, 5) is 28.4. The van der Waals surface area contributed by atoms with Gasteiger partial charge in [-0.25, -0.2) is 4.79 Å². The number of rotatable bonds is 6. The van der Waals surface area contributed by atoms with Crippen molar-refractivity contribution in [2.75, 3.05) is 11.4 Å². The van der Waals surface area contributed by atoms with E-state index in [0.29, 0.717) is 17.2 Å². The number of amides is 1. The van der Waals surface area contributed by atoms with E-state index in [1.54, 1.807) is 30.4 Å². The van der Waals surface area contributed by atoms with Gasteiger partial charge in [0, 0.05) is 22.5 Å². The highest BCUT2D eigenvalue weighted by Gasteiger charge is 2.28. The number of thiophene rings is 1. The lowest BCUT2D eigenvalue weighted by molar-refractivity contribution is -0.126. The zero-order valence-electron chi connectivity index (χ0n) is 16.2. The number of nitriles is 1. The summed E-state index contributed by atoms with van der Waals surface area (Å²) in [6, 6.07) is 11.2. The highest BCUT2D eigenvalue weighted by Crippen LogP contribution is 2.33. The Bertz CT molecular complexity index is 885. The molecule has 1 aliphatic rings. The summed E-state index contributed by atoms with van der Waals surface area (Å²) < 4.78 is 5.53. The summed E-state index contributed by atoms with van der Waals surface area (Å²) in [6.45, 7) is 4.07. The van der Waals surface area contributed by atoms with Crippen molar-refractivity contribution in [2.45, 2.75) is 45.6 Å². The average Bonchev–Trinajstić information content (AvgIpc) is 3.12. The third-order valence-corrected chi connectivity index (χ3v) is 6.09. The van der Waals surface area contributed by atoms with Gasteiger partial charge in [-0.05, 0) is 49.8 Å². The molecular weight excluding hydrogens is 372 g/mol. The van der Waals surface area contributed by atoms with Crippen LogP contribution in [0.5, 0.6) is 0 Å². The smallest absolute Gasteiger partial charge is 0.340 e. The average molecular weight is 397 g/mol. The predicted molar refractivity (Wildman–Crippen MR) is 109 cm³/mol. The van der Waals surface area contributed by atoms with Crippen LogP contribution >= 0.6 is 11.3 Å². The number of ether oxygens (including phenoxy) is 1. The van der Waals surface area contributed by atoms with Crippen molar-refractivity contribution in [1.29, 1.82) is 5.26 Å². The zero-order valence-corrected chi connectivity index (χ0v) is 17.0. The lowest BCUT2D eigenvalue weighted by Gasteiger charge is -2.25. The molecule has 1 aliphatic carbocycles. The summed E-state index contributed by atoms with van der Waals surface area (Å²) in [6.07, 6.45) is 2.22. The monoisotopic (exact) mass is 396 g/mol. The van der Waals surface area contributed by atoms with Gasteiger partial charge in [-0.15, -0.1) is 11.3 Å². The zero-order chi connectivity index (χ0) is 20.1. The fourth-order valence-electron chi connectivity index (χ4n) is 3.48. The van der Waals surface area contributed by atoms with E-state index in [4.69, 9.17) is 10.00 Å². The van der Waals surface area contributed by atoms with Crippen molar-refractivity contribution < 1.29 is 14.3 Å². The van der Waals surface area contributed by atoms with Crippen molar-refractivity contribution >= 4 is 28.9 Å². The molecule has 0 radical (unpaired) electrons. The van der Waals surface area contributed by atoms with E-state index in [-0.39, 0.29) is 18.9 Å². The Morgan fingerprint density at radius 3 is 2.82 bits per heavy atom. The highest BCUT2D eigenvalue weighted by atomic mass is 32.1. The summed E-state index contributed by atoms with van der Waals surface area (Å²) in [7, 11) is 0. The van der Waals surface area contributed by atoms with E-state index in [1.165, 1.54) is 9.78 Å². The number of para-hydroxylation sites is 1. The number of hydrogen-bond acceptors (Lipinski definition) is 5. The molecule has 1 amide bonds. The maximum Gasteiger partial charge on any atom is 0.340 e. The third-order valence-electron chi connectivity index (χ3n) is 5.03. The van der Waals surface area contributed by atoms with Crippen LogP contribution in [0.3, 0.4) is 0 Å². The molecule has 2 atom stereocenters. The minimum absolute atomic E-state index is 0.206. The van der Waals surface area contributed by atoms with Crippen LogP contribution in [0, 0.1) is 17.2 Å². The molecule has 28 heavy (non-hydrogen) atoms. The first-order chi connectivity index (χ1) is 13.5. The van der Waals surface area contributed by atoms with Gasteiger partial charge in [0.25, 0.3) is 5.91 Å². The van der Waals surface area contributed by atoms with E-state index in [2.05, 4.69) is 13.0 Å². The molecule has 5 nitrogen and oxygen atoms in total. The fourth-order valence-corrected chi connectivity index (χ4v) is 4.71. The third kappa shape index (κ3) is 4.42. The van der Waals surface area contributed by atoms with Crippen LogP contribution in [-0.2, 0) is 22.4 Å². The van der Waals surface area contributed by atoms with Crippen LogP contribution in [0.15, 0.2) is 35.7 Å². The van der Waals surface area contributed by atoms with Gasteiger partial charge in [0.15, 0.2) is 6.10 Å².